The summed E-state index contributed by atoms with van der Waals surface area (Å²) in [5, 5.41) is 4.33. The monoisotopic (exact) mass is 317 g/mol. The van der Waals surface area contributed by atoms with Crippen molar-refractivity contribution in [1.82, 2.24) is 9.78 Å². The Labute approximate surface area is 125 Å². The van der Waals surface area contributed by atoms with Gasteiger partial charge >= 0.3 is 6.18 Å². The largest absolute Gasteiger partial charge is 0.416 e. The first-order valence-corrected chi connectivity index (χ1v) is 6.76. The number of aromatic nitrogens is 2. The van der Waals surface area contributed by atoms with E-state index in [9.17, 15) is 13.2 Å². The first-order chi connectivity index (χ1) is 9.73. The number of hydrogen-bond donors (Lipinski definition) is 1. The van der Waals surface area contributed by atoms with E-state index >= 15 is 0 Å². The lowest BCUT2D eigenvalue weighted by atomic mass is 9.98. The summed E-state index contributed by atoms with van der Waals surface area (Å²) in [6.07, 6.45) is -3.07. The minimum absolute atomic E-state index is 0.0192. The molecule has 1 heterocycles. The number of nitrogens with zero attached hydrogens (tertiary/aromatic N) is 2. The third-order valence-corrected chi connectivity index (χ3v) is 3.46. The minimum atomic E-state index is -4.47. The van der Waals surface area contributed by atoms with E-state index in [4.69, 9.17) is 17.3 Å². The van der Waals surface area contributed by atoms with Gasteiger partial charge in [0.25, 0.3) is 0 Å². The lowest BCUT2D eigenvalue weighted by Gasteiger charge is -2.21. The fourth-order valence-corrected chi connectivity index (χ4v) is 2.47. The zero-order valence-corrected chi connectivity index (χ0v) is 12.3. The van der Waals surface area contributed by atoms with Gasteiger partial charge in [0.05, 0.1) is 28.5 Å². The van der Waals surface area contributed by atoms with Crippen molar-refractivity contribution in [3.63, 3.8) is 0 Å². The van der Waals surface area contributed by atoms with E-state index in [0.717, 1.165) is 6.07 Å². The maximum absolute atomic E-state index is 13.1. The molecule has 0 fully saturated rings. The van der Waals surface area contributed by atoms with Crippen molar-refractivity contribution in [2.75, 3.05) is 0 Å². The highest BCUT2D eigenvalue weighted by Crippen LogP contribution is 2.37. The number of benzene rings is 1. The maximum atomic E-state index is 13.1. The fourth-order valence-electron chi connectivity index (χ4n) is 2.23. The van der Waals surface area contributed by atoms with Crippen LogP contribution in [0.5, 0.6) is 0 Å². The molecule has 114 valence electrons. The van der Waals surface area contributed by atoms with Crippen molar-refractivity contribution < 1.29 is 13.2 Å². The van der Waals surface area contributed by atoms with Gasteiger partial charge in [-0.15, -0.1) is 0 Å². The van der Waals surface area contributed by atoms with Crippen molar-refractivity contribution in [3.8, 4) is 0 Å². The Hall–Kier alpha value is -1.53. The van der Waals surface area contributed by atoms with Gasteiger partial charge in [-0.05, 0) is 25.5 Å². The van der Waals surface area contributed by atoms with Crippen LogP contribution in [0, 0.1) is 0 Å². The van der Waals surface area contributed by atoms with Crippen LogP contribution in [0.1, 0.15) is 42.8 Å². The van der Waals surface area contributed by atoms with E-state index in [1.807, 2.05) is 13.8 Å². The van der Waals surface area contributed by atoms with Crippen molar-refractivity contribution in [3.05, 3.63) is 52.3 Å². The molecule has 3 nitrogen and oxygen atoms in total. The molecule has 2 N–H and O–H groups in total. The maximum Gasteiger partial charge on any atom is 0.416 e. The summed E-state index contributed by atoms with van der Waals surface area (Å²) >= 11 is 6.06. The lowest BCUT2D eigenvalue weighted by molar-refractivity contribution is -0.138. The molecule has 0 spiro atoms. The summed E-state index contributed by atoms with van der Waals surface area (Å²) in [6.45, 7) is 3.71. The molecule has 7 heteroatoms. The molecule has 0 amide bonds. The van der Waals surface area contributed by atoms with Crippen LogP contribution in [0.2, 0.25) is 5.02 Å². The molecule has 2 aromatic rings. The molecule has 0 saturated carbocycles. The van der Waals surface area contributed by atoms with Gasteiger partial charge in [-0.3, -0.25) is 4.68 Å². The molecule has 0 radical (unpaired) electrons. The Kier molecular flexibility index (Phi) is 4.30. The van der Waals surface area contributed by atoms with Crippen LogP contribution in [0.4, 0.5) is 13.2 Å². The summed E-state index contributed by atoms with van der Waals surface area (Å²) in [7, 11) is 0. The number of halogens is 4. The predicted molar refractivity (Wildman–Crippen MR) is 75.1 cm³/mol. The Balaban J connectivity index is 2.56. The van der Waals surface area contributed by atoms with E-state index in [0.29, 0.717) is 5.69 Å². The number of nitrogens with two attached hydrogens (primary N) is 1. The standard InChI is InChI=1S/C14H15ClF3N3/c1-8(2)21-13(11(15)7-20-21)12(19)9-5-3-4-6-10(9)14(16,17)18/h3-8,12H,19H2,1-2H3. The number of rotatable bonds is 3. The Morgan fingerprint density at radius 2 is 1.86 bits per heavy atom. The van der Waals surface area contributed by atoms with Crippen LogP contribution in [-0.2, 0) is 6.18 Å². The third-order valence-electron chi connectivity index (χ3n) is 3.17. The second kappa shape index (κ2) is 5.69. The van der Waals surface area contributed by atoms with Gasteiger partial charge in [-0.2, -0.15) is 18.3 Å². The summed E-state index contributed by atoms with van der Waals surface area (Å²) in [5.41, 5.74) is 5.65. The SMILES string of the molecule is CC(C)n1ncc(Cl)c1C(N)c1ccccc1C(F)(F)F. The van der Waals surface area contributed by atoms with Crippen LogP contribution in [0.3, 0.4) is 0 Å². The molecule has 1 aromatic carbocycles. The Morgan fingerprint density at radius 1 is 1.24 bits per heavy atom. The topological polar surface area (TPSA) is 43.8 Å². The quantitative estimate of drug-likeness (QED) is 0.922. The molecule has 0 saturated heterocycles. The number of alkyl halides is 3. The van der Waals surface area contributed by atoms with E-state index in [1.165, 1.54) is 24.4 Å². The zero-order valence-electron chi connectivity index (χ0n) is 11.5. The van der Waals surface area contributed by atoms with Crippen molar-refractivity contribution >= 4 is 11.6 Å². The molecule has 1 unspecified atom stereocenters. The average molecular weight is 318 g/mol. The highest BCUT2D eigenvalue weighted by molar-refractivity contribution is 6.31. The fraction of sp³-hybridized carbons (Fsp3) is 0.357. The molecule has 2 rings (SSSR count). The zero-order chi connectivity index (χ0) is 15.8. The highest BCUT2D eigenvalue weighted by atomic mass is 35.5. The molecule has 0 aliphatic rings. The van der Waals surface area contributed by atoms with E-state index in [2.05, 4.69) is 5.10 Å². The van der Waals surface area contributed by atoms with E-state index < -0.39 is 17.8 Å². The molecule has 1 atom stereocenters. The van der Waals surface area contributed by atoms with Gasteiger partial charge in [-0.25, -0.2) is 0 Å². The Morgan fingerprint density at radius 3 is 2.43 bits per heavy atom. The molecule has 21 heavy (non-hydrogen) atoms. The lowest BCUT2D eigenvalue weighted by Crippen LogP contribution is -2.22. The van der Waals surface area contributed by atoms with Crippen LogP contribution in [-0.4, -0.2) is 9.78 Å². The first-order valence-electron chi connectivity index (χ1n) is 6.38. The van der Waals surface area contributed by atoms with Crippen LogP contribution in [0.15, 0.2) is 30.5 Å². The minimum Gasteiger partial charge on any atom is -0.319 e. The second-order valence-corrected chi connectivity index (χ2v) is 5.39. The average Bonchev–Trinajstić information content (AvgIpc) is 2.79. The van der Waals surface area contributed by atoms with Gasteiger partial charge in [0.1, 0.15) is 0 Å². The predicted octanol–water partition coefficient (Wildman–Crippen LogP) is 4.18. The van der Waals surface area contributed by atoms with Gasteiger partial charge in [0, 0.05) is 6.04 Å². The van der Waals surface area contributed by atoms with Crippen LogP contribution < -0.4 is 5.73 Å². The van der Waals surface area contributed by atoms with Gasteiger partial charge in [0.2, 0.25) is 0 Å². The molecule has 0 aliphatic heterocycles. The van der Waals surface area contributed by atoms with E-state index in [1.54, 1.807) is 4.68 Å². The number of hydrogen-bond acceptors (Lipinski definition) is 2. The smallest absolute Gasteiger partial charge is 0.319 e. The van der Waals surface area contributed by atoms with Crippen LogP contribution >= 0.6 is 11.6 Å². The molecular weight excluding hydrogens is 303 g/mol. The molecule has 0 bridgehead atoms. The first kappa shape index (κ1) is 15.9. The highest BCUT2D eigenvalue weighted by Gasteiger charge is 2.35. The van der Waals surface area contributed by atoms with Gasteiger partial charge in [0.15, 0.2) is 0 Å². The van der Waals surface area contributed by atoms with Gasteiger partial charge in [-0.1, -0.05) is 29.8 Å². The summed E-state index contributed by atoms with van der Waals surface area (Å²) < 4.78 is 40.8. The van der Waals surface area contributed by atoms with Crippen molar-refractivity contribution in [2.24, 2.45) is 5.73 Å². The second-order valence-electron chi connectivity index (χ2n) is 4.98. The van der Waals surface area contributed by atoms with Crippen LogP contribution in [0.25, 0.3) is 0 Å². The molecular formula is C14H15ClF3N3. The summed E-state index contributed by atoms with van der Waals surface area (Å²) in [5.74, 6) is 0. The van der Waals surface area contributed by atoms with Crippen molar-refractivity contribution in [1.29, 1.82) is 0 Å². The van der Waals surface area contributed by atoms with Gasteiger partial charge < -0.3 is 5.73 Å². The normalized spacial score (nSPS) is 13.7. The molecule has 1 aromatic heterocycles. The van der Waals surface area contributed by atoms with E-state index in [-0.39, 0.29) is 16.6 Å². The Bertz CT molecular complexity index is 635. The molecule has 0 aliphatic carbocycles. The summed E-state index contributed by atoms with van der Waals surface area (Å²) in [4.78, 5) is 0. The van der Waals surface area contributed by atoms with Crippen molar-refractivity contribution in [2.45, 2.75) is 32.1 Å². The third kappa shape index (κ3) is 3.06. The summed E-state index contributed by atoms with van der Waals surface area (Å²) in [6, 6.07) is 4.17.